The normalized spacial score (nSPS) is 17.3. The van der Waals surface area contributed by atoms with Crippen molar-refractivity contribution in [1.29, 1.82) is 0 Å². The predicted molar refractivity (Wildman–Crippen MR) is 125 cm³/mol. The standard InChI is InChI=1S/C26H29N3O2/c1-3-11-26(12-13-26)31-23-9-7-19(8-10-23)22-15-27-25-24(16-28-29(25)17-22)21-6-4-5-20(14-21)18(2)30/h4-10,14,16-18,27,30H,3,11-13,15H2,1-2H3. The molecule has 2 heterocycles. The van der Waals surface area contributed by atoms with Crippen LogP contribution in [0.15, 0.2) is 54.7 Å². The minimum absolute atomic E-state index is 0.0907. The number of nitrogens with one attached hydrogen (secondary N) is 1. The van der Waals surface area contributed by atoms with Gasteiger partial charge in [0.15, 0.2) is 0 Å². The Morgan fingerprint density at radius 1 is 1.16 bits per heavy atom. The van der Waals surface area contributed by atoms with Gasteiger partial charge in [-0.15, -0.1) is 0 Å². The van der Waals surface area contributed by atoms with E-state index in [4.69, 9.17) is 4.74 Å². The highest BCUT2D eigenvalue weighted by Crippen LogP contribution is 2.44. The second kappa shape index (κ2) is 7.89. The van der Waals surface area contributed by atoms with E-state index in [-0.39, 0.29) is 5.60 Å². The van der Waals surface area contributed by atoms with Crippen molar-refractivity contribution in [2.45, 2.75) is 51.2 Å². The van der Waals surface area contributed by atoms with Gasteiger partial charge in [0.2, 0.25) is 0 Å². The summed E-state index contributed by atoms with van der Waals surface area (Å²) in [4.78, 5) is 0. The van der Waals surface area contributed by atoms with E-state index in [2.05, 4.69) is 53.9 Å². The van der Waals surface area contributed by atoms with Crippen LogP contribution >= 0.6 is 0 Å². The monoisotopic (exact) mass is 415 g/mol. The van der Waals surface area contributed by atoms with Crippen LogP contribution in [0.4, 0.5) is 5.82 Å². The van der Waals surface area contributed by atoms with E-state index in [1.54, 1.807) is 6.92 Å². The van der Waals surface area contributed by atoms with Crippen molar-refractivity contribution in [3.8, 4) is 16.9 Å². The number of aliphatic hydroxyl groups is 1. The van der Waals surface area contributed by atoms with Gasteiger partial charge < -0.3 is 15.2 Å². The minimum Gasteiger partial charge on any atom is -0.487 e. The third-order valence-corrected chi connectivity index (χ3v) is 6.27. The Morgan fingerprint density at radius 2 is 1.97 bits per heavy atom. The quantitative estimate of drug-likeness (QED) is 0.517. The molecule has 5 heteroatoms. The zero-order valence-electron chi connectivity index (χ0n) is 18.1. The molecule has 5 rings (SSSR count). The SMILES string of the molecule is CCCC1(Oc2ccc(C3=Cn4ncc(-c5cccc(C(C)O)c5)c4NC3)cc2)CC1. The van der Waals surface area contributed by atoms with Crippen LogP contribution in [0.25, 0.3) is 22.9 Å². The third-order valence-electron chi connectivity index (χ3n) is 6.27. The molecule has 2 aliphatic rings. The van der Waals surface area contributed by atoms with E-state index in [9.17, 15) is 5.11 Å². The molecule has 0 saturated heterocycles. The van der Waals surface area contributed by atoms with Crippen molar-refractivity contribution in [1.82, 2.24) is 9.78 Å². The maximum atomic E-state index is 9.90. The van der Waals surface area contributed by atoms with E-state index < -0.39 is 6.10 Å². The molecule has 1 unspecified atom stereocenters. The van der Waals surface area contributed by atoms with Crippen LogP contribution in [0.1, 0.15) is 56.8 Å². The number of nitrogens with zero attached hydrogens (tertiary/aromatic N) is 2. The van der Waals surface area contributed by atoms with Gasteiger partial charge in [0.25, 0.3) is 0 Å². The van der Waals surface area contributed by atoms with Crippen molar-refractivity contribution in [2.24, 2.45) is 0 Å². The molecule has 1 aliphatic heterocycles. The van der Waals surface area contributed by atoms with Crippen LogP contribution in [0, 0.1) is 0 Å². The fraction of sp³-hybridized carbons (Fsp3) is 0.346. The predicted octanol–water partition coefficient (Wildman–Crippen LogP) is 5.74. The summed E-state index contributed by atoms with van der Waals surface area (Å²) in [5, 5.41) is 18.0. The van der Waals surface area contributed by atoms with E-state index in [1.807, 2.05) is 29.1 Å². The molecule has 2 N–H and O–H groups in total. The molecule has 0 spiro atoms. The number of hydrogen-bond acceptors (Lipinski definition) is 4. The molecule has 160 valence electrons. The van der Waals surface area contributed by atoms with E-state index in [0.29, 0.717) is 0 Å². The zero-order chi connectivity index (χ0) is 21.4. The van der Waals surface area contributed by atoms with Crippen molar-refractivity contribution in [3.63, 3.8) is 0 Å². The average molecular weight is 416 g/mol. The first-order valence-corrected chi connectivity index (χ1v) is 11.2. The molecule has 1 fully saturated rings. The van der Waals surface area contributed by atoms with Crippen LogP contribution in [0.2, 0.25) is 0 Å². The highest BCUT2D eigenvalue weighted by molar-refractivity contribution is 5.86. The number of hydrogen-bond donors (Lipinski definition) is 2. The number of benzene rings is 2. The van der Waals surface area contributed by atoms with Gasteiger partial charge in [-0.25, -0.2) is 4.68 Å². The maximum Gasteiger partial charge on any atom is 0.137 e. The van der Waals surface area contributed by atoms with Gasteiger partial charge in [-0.3, -0.25) is 0 Å². The smallest absolute Gasteiger partial charge is 0.137 e. The molecule has 3 aromatic rings. The Hall–Kier alpha value is -3.05. The van der Waals surface area contributed by atoms with Crippen molar-refractivity contribution in [3.05, 3.63) is 65.9 Å². The summed E-state index contributed by atoms with van der Waals surface area (Å²) >= 11 is 0. The van der Waals surface area contributed by atoms with Gasteiger partial charge in [0, 0.05) is 18.3 Å². The summed E-state index contributed by atoms with van der Waals surface area (Å²) < 4.78 is 8.16. The lowest BCUT2D eigenvalue weighted by atomic mass is 10.0. The van der Waals surface area contributed by atoms with Gasteiger partial charge in [-0.05, 0) is 66.6 Å². The van der Waals surface area contributed by atoms with Crippen LogP contribution in [0.3, 0.4) is 0 Å². The van der Waals surface area contributed by atoms with Crippen molar-refractivity contribution in [2.75, 3.05) is 11.9 Å². The topological polar surface area (TPSA) is 59.3 Å². The Bertz CT molecular complexity index is 1110. The Labute approximate surface area is 183 Å². The number of aliphatic hydroxyl groups excluding tert-OH is 1. The first-order chi connectivity index (χ1) is 15.1. The van der Waals surface area contributed by atoms with Crippen LogP contribution < -0.4 is 10.1 Å². The number of anilines is 1. The molecular weight excluding hydrogens is 386 g/mol. The first-order valence-electron chi connectivity index (χ1n) is 11.2. The highest BCUT2D eigenvalue weighted by Gasteiger charge is 2.44. The summed E-state index contributed by atoms with van der Waals surface area (Å²) in [6, 6.07) is 16.4. The molecule has 1 saturated carbocycles. The third kappa shape index (κ3) is 3.98. The van der Waals surface area contributed by atoms with Crippen LogP contribution in [-0.2, 0) is 0 Å². The molecule has 1 aromatic heterocycles. The van der Waals surface area contributed by atoms with Gasteiger partial charge in [0.05, 0.1) is 12.3 Å². The van der Waals surface area contributed by atoms with Crippen LogP contribution in [-0.4, -0.2) is 27.0 Å². The Kier molecular flexibility index (Phi) is 5.06. The van der Waals surface area contributed by atoms with Gasteiger partial charge >= 0.3 is 0 Å². The zero-order valence-corrected chi connectivity index (χ0v) is 18.1. The molecule has 31 heavy (non-hydrogen) atoms. The number of rotatable bonds is 7. The van der Waals surface area contributed by atoms with Gasteiger partial charge in [-0.2, -0.15) is 5.10 Å². The average Bonchev–Trinajstić information content (AvgIpc) is 3.40. The second-order valence-electron chi connectivity index (χ2n) is 8.72. The summed E-state index contributed by atoms with van der Waals surface area (Å²) in [6.45, 7) is 4.73. The molecule has 1 aliphatic carbocycles. The molecule has 1 atom stereocenters. The Balaban J connectivity index is 1.36. The summed E-state index contributed by atoms with van der Waals surface area (Å²) in [5.74, 6) is 1.93. The largest absolute Gasteiger partial charge is 0.487 e. The Morgan fingerprint density at radius 3 is 2.68 bits per heavy atom. The number of fused-ring (bicyclic) bond motifs is 1. The molecule has 0 amide bonds. The van der Waals surface area contributed by atoms with E-state index in [1.165, 1.54) is 24.0 Å². The van der Waals surface area contributed by atoms with Gasteiger partial charge in [-0.1, -0.05) is 43.7 Å². The lowest BCUT2D eigenvalue weighted by molar-refractivity contribution is 0.167. The lowest BCUT2D eigenvalue weighted by Gasteiger charge is -2.20. The fourth-order valence-corrected chi connectivity index (χ4v) is 4.35. The summed E-state index contributed by atoms with van der Waals surface area (Å²) in [7, 11) is 0. The fourth-order valence-electron chi connectivity index (χ4n) is 4.35. The minimum atomic E-state index is -0.491. The second-order valence-corrected chi connectivity index (χ2v) is 8.72. The molecular formula is C26H29N3O2. The molecule has 0 bridgehead atoms. The lowest BCUT2D eigenvalue weighted by Crippen LogP contribution is -2.17. The number of aromatic nitrogens is 2. The first kappa shape index (κ1) is 19.9. The van der Waals surface area contributed by atoms with E-state index >= 15 is 0 Å². The van der Waals surface area contributed by atoms with Gasteiger partial charge in [0.1, 0.15) is 17.2 Å². The van der Waals surface area contributed by atoms with E-state index in [0.717, 1.165) is 47.6 Å². The van der Waals surface area contributed by atoms with Crippen molar-refractivity contribution < 1.29 is 9.84 Å². The van der Waals surface area contributed by atoms with Crippen molar-refractivity contribution >= 4 is 17.6 Å². The molecule has 0 radical (unpaired) electrons. The highest BCUT2D eigenvalue weighted by atomic mass is 16.5. The summed E-state index contributed by atoms with van der Waals surface area (Å²) in [6.07, 6.45) is 8.10. The molecule has 2 aromatic carbocycles. The maximum absolute atomic E-state index is 9.90. The summed E-state index contributed by atoms with van der Waals surface area (Å²) in [5.41, 5.74) is 5.42. The van der Waals surface area contributed by atoms with Crippen LogP contribution in [0.5, 0.6) is 5.75 Å². The molecule has 5 nitrogen and oxygen atoms in total. The number of ether oxygens (including phenoxy) is 1.